The Bertz CT molecular complexity index is 1690. The van der Waals surface area contributed by atoms with Crippen molar-refractivity contribution < 1.29 is 18.6 Å². The van der Waals surface area contributed by atoms with E-state index in [1.165, 1.54) is 12.7 Å². The number of hydrogen-bond donors (Lipinski definition) is 2. The maximum atomic E-state index is 17.1. The van der Waals surface area contributed by atoms with Crippen molar-refractivity contribution in [3.63, 3.8) is 0 Å². The molecule has 45 heavy (non-hydrogen) atoms. The van der Waals surface area contributed by atoms with Crippen LogP contribution >= 0.6 is 11.6 Å². The molecule has 3 aliphatic heterocycles. The Morgan fingerprint density at radius 2 is 2.04 bits per heavy atom. The third-order valence-electron chi connectivity index (χ3n) is 9.75. The molecule has 0 radical (unpaired) electrons. The average molecular weight is 636 g/mol. The Morgan fingerprint density at radius 1 is 1.20 bits per heavy atom. The van der Waals surface area contributed by atoms with Gasteiger partial charge in [0, 0.05) is 54.3 Å². The van der Waals surface area contributed by atoms with E-state index >= 15 is 4.39 Å². The molecule has 5 heterocycles. The van der Waals surface area contributed by atoms with Crippen LogP contribution in [0.15, 0.2) is 17.7 Å². The lowest BCUT2D eigenvalue weighted by Crippen LogP contribution is -2.43. The minimum atomic E-state index is -0.658. The fourth-order valence-corrected chi connectivity index (χ4v) is 7.69. The van der Waals surface area contributed by atoms with Crippen molar-refractivity contribution in [3.05, 3.63) is 39.7 Å². The molecule has 1 aromatic carbocycles. The quantitative estimate of drug-likeness (QED) is 0.181. The second-order valence-corrected chi connectivity index (χ2v) is 12.9. The lowest BCUT2D eigenvalue weighted by atomic mass is 9.93. The summed E-state index contributed by atoms with van der Waals surface area (Å²) in [7, 11) is 1.50. The Morgan fingerprint density at radius 3 is 2.80 bits per heavy atom. The van der Waals surface area contributed by atoms with E-state index in [-0.39, 0.29) is 40.2 Å². The molecule has 0 spiro atoms. The first-order valence-electron chi connectivity index (χ1n) is 15.8. The van der Waals surface area contributed by atoms with Gasteiger partial charge in [0.25, 0.3) is 0 Å². The van der Waals surface area contributed by atoms with E-state index in [1.54, 1.807) is 6.07 Å². The van der Waals surface area contributed by atoms with Crippen LogP contribution in [0.3, 0.4) is 0 Å². The summed E-state index contributed by atoms with van der Waals surface area (Å²) >= 11 is 6.72. The van der Waals surface area contributed by atoms with Gasteiger partial charge in [-0.1, -0.05) is 23.3 Å². The lowest BCUT2D eigenvalue weighted by molar-refractivity contribution is 0.108. The van der Waals surface area contributed by atoms with Crippen LogP contribution in [0.1, 0.15) is 62.5 Å². The zero-order valence-electron chi connectivity index (χ0n) is 25.8. The number of nitrogens with zero attached hydrogens (tertiary/aromatic N) is 5. The number of nitrogens with one attached hydrogen (secondary N) is 1. The third-order valence-corrected chi connectivity index (χ3v) is 10.1. The molecule has 0 amide bonds. The van der Waals surface area contributed by atoms with Gasteiger partial charge in [0.15, 0.2) is 5.82 Å². The smallest absolute Gasteiger partial charge is 0.319 e. The van der Waals surface area contributed by atoms with Crippen molar-refractivity contribution >= 4 is 40.2 Å². The summed E-state index contributed by atoms with van der Waals surface area (Å²) in [5.74, 6) is 0.152. The van der Waals surface area contributed by atoms with Gasteiger partial charge >= 0.3 is 6.01 Å². The molecule has 3 N–H and O–H groups in total. The number of methoxy groups -OCH3 is 1. The predicted octanol–water partition coefficient (Wildman–Crippen LogP) is 5.74. The van der Waals surface area contributed by atoms with Crippen LogP contribution in [0.5, 0.6) is 11.9 Å². The maximum absolute atomic E-state index is 17.1. The standard InChI is InChI=1S/C33H39ClFN7O3/c1-3-19-15-33(8-4-10-42(33)17-19)18-45-32-39-29-26(30(40-32)41-9-5-12-44-13-11-41)31(43-2)38-28(27(29)35)25-21(16-36)23(37)14-22(34)24(25)20-6-7-20/h3,14,16,20,36H,4-13,15,17-18,37H2,1-2H3/b19-3-,36-16?. The number of ether oxygens (including phenoxy) is 3. The summed E-state index contributed by atoms with van der Waals surface area (Å²) in [6.07, 6.45) is 9.02. The molecular weight excluding hydrogens is 597 g/mol. The van der Waals surface area contributed by atoms with Gasteiger partial charge in [-0.15, -0.1) is 0 Å². The first-order valence-corrected chi connectivity index (χ1v) is 16.2. The Labute approximate surface area is 267 Å². The molecule has 1 aliphatic carbocycles. The zero-order chi connectivity index (χ0) is 31.3. The molecule has 10 nitrogen and oxygen atoms in total. The van der Waals surface area contributed by atoms with Crippen molar-refractivity contribution in [2.75, 3.05) is 63.7 Å². The number of anilines is 2. The highest BCUT2D eigenvalue weighted by Crippen LogP contribution is 2.51. The van der Waals surface area contributed by atoms with Crippen molar-refractivity contribution in [1.29, 1.82) is 5.41 Å². The van der Waals surface area contributed by atoms with Gasteiger partial charge in [0.2, 0.25) is 5.88 Å². The summed E-state index contributed by atoms with van der Waals surface area (Å²) in [5, 5.41) is 8.98. The summed E-state index contributed by atoms with van der Waals surface area (Å²) in [6, 6.07) is 1.74. The highest BCUT2D eigenvalue weighted by atomic mass is 35.5. The number of nitrogen functional groups attached to an aromatic ring is 1. The number of pyridine rings is 1. The monoisotopic (exact) mass is 635 g/mol. The van der Waals surface area contributed by atoms with E-state index in [4.69, 9.17) is 51.9 Å². The van der Waals surface area contributed by atoms with Crippen LogP contribution in [0, 0.1) is 11.2 Å². The summed E-state index contributed by atoms with van der Waals surface area (Å²) in [4.78, 5) is 18.9. The SMILES string of the molecule is C/C=C1\CN2CCCC2(COc2nc(N3CCCOCC3)c3c(OC)nc(-c4c(C=N)c(N)cc(Cl)c4C4CC4)c(F)c3n2)C1. The zero-order valence-corrected chi connectivity index (χ0v) is 26.6. The number of benzene rings is 1. The lowest BCUT2D eigenvalue weighted by Gasteiger charge is -2.31. The Kier molecular flexibility index (Phi) is 8.03. The third kappa shape index (κ3) is 5.28. The van der Waals surface area contributed by atoms with Crippen molar-refractivity contribution in [3.8, 4) is 23.1 Å². The molecule has 2 aromatic heterocycles. The summed E-state index contributed by atoms with van der Waals surface area (Å²) in [6.45, 7) is 6.84. The maximum Gasteiger partial charge on any atom is 0.319 e. The number of hydrogen-bond acceptors (Lipinski definition) is 10. The second-order valence-electron chi connectivity index (χ2n) is 12.5. The van der Waals surface area contributed by atoms with Crippen LogP contribution in [-0.4, -0.2) is 84.7 Å². The molecule has 4 fully saturated rings. The van der Waals surface area contributed by atoms with Crippen molar-refractivity contribution in [2.45, 2.75) is 56.9 Å². The number of fused-ring (bicyclic) bond motifs is 2. The minimum Gasteiger partial charge on any atom is -0.480 e. The first-order chi connectivity index (χ1) is 21.9. The van der Waals surface area contributed by atoms with Crippen LogP contribution in [0.25, 0.3) is 22.2 Å². The molecule has 1 atom stereocenters. The first kappa shape index (κ1) is 30.1. The van der Waals surface area contributed by atoms with Crippen LogP contribution < -0.4 is 20.1 Å². The van der Waals surface area contributed by atoms with E-state index in [1.807, 2.05) is 0 Å². The second kappa shape index (κ2) is 12.0. The van der Waals surface area contributed by atoms with E-state index in [2.05, 4.69) is 22.8 Å². The molecule has 7 rings (SSSR count). The van der Waals surface area contributed by atoms with Gasteiger partial charge in [-0.05, 0) is 69.5 Å². The molecule has 1 unspecified atom stereocenters. The molecule has 0 bridgehead atoms. The van der Waals surface area contributed by atoms with Crippen LogP contribution in [0.2, 0.25) is 5.02 Å². The number of halogens is 2. The highest BCUT2D eigenvalue weighted by Gasteiger charge is 2.47. The van der Waals surface area contributed by atoms with Crippen LogP contribution in [-0.2, 0) is 4.74 Å². The highest BCUT2D eigenvalue weighted by molar-refractivity contribution is 6.32. The van der Waals surface area contributed by atoms with E-state index in [0.717, 1.165) is 63.4 Å². The average Bonchev–Trinajstić information content (AvgIpc) is 3.77. The molecule has 3 aromatic rings. The molecule has 3 saturated heterocycles. The molecule has 238 valence electrons. The van der Waals surface area contributed by atoms with Gasteiger partial charge in [0.05, 0.1) is 19.3 Å². The molecule has 12 heteroatoms. The molecular formula is C33H39ClFN7O3. The number of rotatable bonds is 8. The van der Waals surface area contributed by atoms with Gasteiger partial charge in [-0.3, -0.25) is 4.90 Å². The number of aromatic nitrogens is 3. The van der Waals surface area contributed by atoms with Gasteiger partial charge in [0.1, 0.15) is 29.0 Å². The Hall–Kier alpha value is -3.54. The van der Waals surface area contributed by atoms with Gasteiger partial charge in [-0.25, -0.2) is 9.37 Å². The van der Waals surface area contributed by atoms with E-state index < -0.39 is 5.82 Å². The van der Waals surface area contributed by atoms with Crippen LogP contribution in [0.4, 0.5) is 15.9 Å². The van der Waals surface area contributed by atoms with Crippen molar-refractivity contribution in [1.82, 2.24) is 19.9 Å². The number of allylic oxidation sites excluding steroid dienone is 1. The largest absolute Gasteiger partial charge is 0.480 e. The Balaban J connectivity index is 1.41. The van der Waals surface area contributed by atoms with E-state index in [9.17, 15) is 0 Å². The fraction of sp³-hybridized carbons (Fsp3) is 0.515. The normalized spacial score (nSPS) is 23.0. The minimum absolute atomic E-state index is 0.00201. The summed E-state index contributed by atoms with van der Waals surface area (Å²) in [5.41, 5.74) is 9.45. The van der Waals surface area contributed by atoms with E-state index in [0.29, 0.717) is 60.3 Å². The van der Waals surface area contributed by atoms with Gasteiger partial charge < -0.3 is 30.3 Å². The predicted molar refractivity (Wildman–Crippen MR) is 174 cm³/mol. The fourth-order valence-electron chi connectivity index (χ4n) is 7.32. The van der Waals surface area contributed by atoms with Crippen molar-refractivity contribution in [2.24, 2.45) is 0 Å². The molecule has 1 saturated carbocycles. The summed E-state index contributed by atoms with van der Waals surface area (Å²) < 4.78 is 35.1. The molecule has 4 aliphatic rings. The topological polar surface area (TPSA) is 123 Å². The van der Waals surface area contributed by atoms with Gasteiger partial charge in [-0.2, -0.15) is 9.97 Å². The number of nitrogens with two attached hydrogens (primary N) is 1.